The molecule has 20 heteroatoms. The number of halogens is 4. The van der Waals surface area contributed by atoms with Gasteiger partial charge in [0.25, 0.3) is 0 Å². The van der Waals surface area contributed by atoms with Crippen molar-refractivity contribution in [2.45, 2.75) is 143 Å². The maximum atomic E-state index is 6.29. The van der Waals surface area contributed by atoms with Crippen LogP contribution in [-0.4, -0.2) is 78.3 Å². The van der Waals surface area contributed by atoms with Gasteiger partial charge in [-0.25, -0.2) is 0 Å². The standard InChI is InChI=1S/C13H16BBrO3.C13H16BClO3.C12H14BBrO3.C12H14BClO3/c2*1-4-9-11-8(15)5-6-10-12(11)14(17-9)18-13(2,3)7-16-10;2*1-3-9-11-8(14)4-5-10-12(11)13(17-9)16-7(2)6-15-10/h2*5-6,9H,4,7H2,1-3H3;2*4-5,7,9H,3,6H2,1-2H3/t2*9-;2*7?,9-/m1111/s1. The van der Waals surface area contributed by atoms with E-state index < -0.39 is 0 Å². The Morgan fingerprint density at radius 2 is 0.771 bits per heavy atom. The molecule has 0 aliphatic carbocycles. The Labute approximate surface area is 440 Å². The zero-order valence-electron chi connectivity index (χ0n) is 41.5. The van der Waals surface area contributed by atoms with E-state index in [1.54, 1.807) is 0 Å². The van der Waals surface area contributed by atoms with Gasteiger partial charge in [0, 0.05) is 52.0 Å². The van der Waals surface area contributed by atoms with E-state index in [2.05, 4.69) is 59.6 Å². The van der Waals surface area contributed by atoms with Crippen LogP contribution in [0.4, 0.5) is 0 Å². The van der Waals surface area contributed by atoms with Crippen LogP contribution in [-0.2, 0) is 37.2 Å². The number of benzene rings is 4. The van der Waals surface area contributed by atoms with Crippen LogP contribution in [0.1, 0.15) is 142 Å². The minimum atomic E-state index is -0.365. The van der Waals surface area contributed by atoms with Gasteiger partial charge in [-0.15, -0.1) is 0 Å². The lowest BCUT2D eigenvalue weighted by molar-refractivity contribution is 0.0264. The molecular formula is C50H60B4Br2Cl2O12. The molecule has 4 aromatic rings. The van der Waals surface area contributed by atoms with Gasteiger partial charge in [0.2, 0.25) is 0 Å². The van der Waals surface area contributed by atoms with E-state index in [1.165, 1.54) is 11.1 Å². The Morgan fingerprint density at radius 1 is 0.457 bits per heavy atom. The highest BCUT2D eigenvalue weighted by atomic mass is 79.9. The van der Waals surface area contributed by atoms with E-state index in [-0.39, 0.29) is 76.3 Å². The normalized spacial score (nSPS) is 25.4. The van der Waals surface area contributed by atoms with Gasteiger partial charge in [0.05, 0.1) is 47.8 Å². The van der Waals surface area contributed by atoms with Crippen LogP contribution in [0.2, 0.25) is 10.0 Å². The Bertz CT molecular complexity index is 2400. The summed E-state index contributed by atoms with van der Waals surface area (Å²) in [5.74, 6) is 3.46. The third-order valence-corrected chi connectivity index (χ3v) is 15.3. The molecule has 12 nitrogen and oxygen atoms in total. The lowest BCUT2D eigenvalue weighted by atomic mass is 9.77. The maximum Gasteiger partial charge on any atom is 0.499 e. The van der Waals surface area contributed by atoms with Crippen molar-refractivity contribution in [2.75, 3.05) is 26.4 Å². The predicted molar refractivity (Wildman–Crippen MR) is 283 cm³/mol. The summed E-state index contributed by atoms with van der Waals surface area (Å²) in [6.07, 6.45) is 3.87. The maximum absolute atomic E-state index is 6.29. The van der Waals surface area contributed by atoms with Gasteiger partial charge in [-0.3, -0.25) is 0 Å². The van der Waals surface area contributed by atoms with E-state index in [4.69, 9.17) is 79.4 Å². The first-order chi connectivity index (χ1) is 33.4. The monoisotopic (exact) mass is 1120 g/mol. The number of hydrogen-bond acceptors (Lipinski definition) is 12. The van der Waals surface area contributed by atoms with Crippen LogP contribution in [0, 0.1) is 0 Å². The molecule has 8 aliphatic rings. The molecule has 0 saturated carbocycles. The summed E-state index contributed by atoms with van der Waals surface area (Å²) < 4.78 is 73.0. The molecule has 0 N–H and O–H groups in total. The molecule has 0 spiro atoms. The highest BCUT2D eigenvalue weighted by Crippen LogP contribution is 2.42. The van der Waals surface area contributed by atoms with Crippen molar-refractivity contribution in [3.05, 3.63) is 89.8 Å². The lowest BCUT2D eigenvalue weighted by Gasteiger charge is -2.25. The van der Waals surface area contributed by atoms with Crippen molar-refractivity contribution in [3.63, 3.8) is 0 Å². The topological polar surface area (TPSA) is 111 Å². The molecule has 12 rings (SSSR count). The van der Waals surface area contributed by atoms with Gasteiger partial charge in [-0.2, -0.15) is 0 Å². The molecule has 0 bridgehead atoms. The van der Waals surface area contributed by atoms with Gasteiger partial charge in [-0.05, 0) is 127 Å². The molecule has 372 valence electrons. The molecule has 2 unspecified atom stereocenters. The summed E-state index contributed by atoms with van der Waals surface area (Å²) in [4.78, 5) is 0. The van der Waals surface area contributed by atoms with Crippen LogP contribution >= 0.6 is 55.1 Å². The molecule has 0 saturated heterocycles. The Kier molecular flexibility index (Phi) is 16.0. The number of ether oxygens (including phenoxy) is 4. The van der Waals surface area contributed by atoms with Crippen LogP contribution in [0.25, 0.3) is 0 Å². The lowest BCUT2D eigenvalue weighted by Crippen LogP contribution is -2.40. The summed E-state index contributed by atoms with van der Waals surface area (Å²) in [6, 6.07) is 15.6. The second-order valence-electron chi connectivity index (χ2n) is 19.8. The second kappa shape index (κ2) is 21.4. The molecule has 0 aromatic heterocycles. The van der Waals surface area contributed by atoms with Crippen molar-refractivity contribution in [3.8, 4) is 23.0 Å². The van der Waals surface area contributed by atoms with Gasteiger partial charge in [0.15, 0.2) is 0 Å². The third-order valence-electron chi connectivity index (χ3n) is 13.3. The van der Waals surface area contributed by atoms with Crippen molar-refractivity contribution < 1.29 is 56.2 Å². The van der Waals surface area contributed by atoms with E-state index >= 15 is 0 Å². The first kappa shape index (κ1) is 52.4. The SMILES string of the molecule is CC[C@H]1OB2OC(C)(C)COc3ccc(Br)c1c32.CC[C@H]1OB2OC(C)(C)COc3ccc(Cl)c1c32.CC[C@H]1OB2OC(C)COc3ccc(Br)c1c32.CC[C@H]1OB2OC(C)COc3ccc(Cl)c1c32. The van der Waals surface area contributed by atoms with Gasteiger partial charge >= 0.3 is 28.5 Å². The van der Waals surface area contributed by atoms with E-state index in [9.17, 15) is 0 Å². The van der Waals surface area contributed by atoms with Crippen LogP contribution in [0.3, 0.4) is 0 Å². The average Bonchev–Trinajstić information content (AvgIpc) is 4.01. The molecule has 70 heavy (non-hydrogen) atoms. The number of rotatable bonds is 4. The molecule has 0 amide bonds. The predicted octanol–water partition coefficient (Wildman–Crippen LogP) is 10.3. The van der Waals surface area contributed by atoms with Crippen molar-refractivity contribution in [2.24, 2.45) is 0 Å². The van der Waals surface area contributed by atoms with Crippen molar-refractivity contribution in [1.29, 1.82) is 0 Å². The van der Waals surface area contributed by atoms with Crippen LogP contribution < -0.4 is 40.8 Å². The fourth-order valence-electron chi connectivity index (χ4n) is 9.93. The van der Waals surface area contributed by atoms with Gasteiger partial charge < -0.3 is 56.2 Å². The summed E-state index contributed by atoms with van der Waals surface area (Å²) in [5, 5.41) is 1.47. The highest BCUT2D eigenvalue weighted by molar-refractivity contribution is 9.10. The summed E-state index contributed by atoms with van der Waals surface area (Å²) >= 11 is 19.8. The van der Waals surface area contributed by atoms with Crippen LogP contribution in [0.5, 0.6) is 23.0 Å². The van der Waals surface area contributed by atoms with Gasteiger partial charge in [-0.1, -0.05) is 82.8 Å². The Hall–Kier alpha value is -2.44. The minimum absolute atomic E-state index is 0.00468. The Morgan fingerprint density at radius 3 is 1.17 bits per heavy atom. The summed E-state index contributed by atoms with van der Waals surface area (Å²) in [5.41, 5.74) is 7.80. The highest BCUT2D eigenvalue weighted by Gasteiger charge is 2.49. The van der Waals surface area contributed by atoms with Crippen molar-refractivity contribution >= 4 is 105 Å². The van der Waals surface area contributed by atoms with E-state index in [1.807, 2.05) is 90.1 Å². The smallest absolute Gasteiger partial charge is 0.491 e. The fraction of sp³-hybridized carbons (Fsp3) is 0.520. The first-order valence-electron chi connectivity index (χ1n) is 24.5. The first-order valence-corrected chi connectivity index (χ1v) is 26.9. The van der Waals surface area contributed by atoms with E-state index in [0.29, 0.717) is 26.4 Å². The number of hydrogen-bond donors (Lipinski definition) is 0. The molecule has 8 aliphatic heterocycles. The molecule has 6 atom stereocenters. The molecular weight excluding hydrogens is 1070 g/mol. The molecule has 0 fully saturated rings. The van der Waals surface area contributed by atoms with Gasteiger partial charge in [0.1, 0.15) is 49.4 Å². The zero-order valence-corrected chi connectivity index (χ0v) is 46.1. The van der Waals surface area contributed by atoms with E-state index in [0.717, 1.165) is 101 Å². The summed E-state index contributed by atoms with van der Waals surface area (Å²) in [7, 11) is -1.29. The summed E-state index contributed by atoms with van der Waals surface area (Å²) in [6.45, 7) is 22.6. The molecule has 4 aromatic carbocycles. The quantitative estimate of drug-likeness (QED) is 0.182. The third kappa shape index (κ3) is 10.5. The average molecular weight is 1130 g/mol. The largest absolute Gasteiger partial charge is 0.499 e. The van der Waals surface area contributed by atoms with Crippen LogP contribution in [0.15, 0.2) is 57.5 Å². The molecule has 0 radical (unpaired) electrons. The second-order valence-corrected chi connectivity index (χ2v) is 22.3. The molecule has 8 heterocycles. The fourth-order valence-corrected chi connectivity index (χ4v) is 11.7. The zero-order chi connectivity index (χ0) is 49.8. The minimum Gasteiger partial charge on any atom is -0.491 e. The van der Waals surface area contributed by atoms with Crippen molar-refractivity contribution in [1.82, 2.24) is 0 Å². The Balaban J connectivity index is 0.000000116.